The summed E-state index contributed by atoms with van der Waals surface area (Å²) >= 11 is 0. The van der Waals surface area contributed by atoms with Crippen LogP contribution in [0.15, 0.2) is 10.3 Å². The largest absolute Gasteiger partial charge is 0.399 e. The maximum atomic E-state index is 15.2. The molecule has 4 rings (SSSR count). The van der Waals surface area contributed by atoms with Crippen LogP contribution in [0.5, 0.6) is 0 Å². The van der Waals surface area contributed by atoms with Crippen LogP contribution in [0.4, 0.5) is 4.39 Å². The van der Waals surface area contributed by atoms with Gasteiger partial charge < -0.3 is 20.5 Å². The van der Waals surface area contributed by atoms with E-state index in [1.807, 2.05) is 0 Å². The van der Waals surface area contributed by atoms with E-state index in [0.717, 1.165) is 37.8 Å². The van der Waals surface area contributed by atoms with Crippen LogP contribution in [0.2, 0.25) is 0 Å². The number of oxime groups is 2. The minimum absolute atomic E-state index is 0.0188. The lowest BCUT2D eigenvalue weighted by Crippen LogP contribution is -2.58. The third-order valence-corrected chi connectivity index (χ3v) is 8.87. The molecule has 4 aliphatic carbocycles. The number of rotatable bonds is 4. The molecule has 1 unspecified atom stereocenters. The van der Waals surface area contributed by atoms with Gasteiger partial charge in [0.25, 0.3) is 0 Å². The minimum atomic E-state index is -1.10. The van der Waals surface area contributed by atoms with Crippen molar-refractivity contribution in [2.45, 2.75) is 71.1 Å². The van der Waals surface area contributed by atoms with E-state index in [2.05, 4.69) is 24.2 Å². The Bertz CT molecular complexity index is 686. The van der Waals surface area contributed by atoms with Gasteiger partial charge in [0.15, 0.2) is 0 Å². The Labute approximate surface area is 173 Å². The number of nitrogens with zero attached hydrogens (tertiary/aromatic N) is 2. The lowest BCUT2D eigenvalue weighted by Gasteiger charge is -2.60. The van der Waals surface area contributed by atoms with Crippen molar-refractivity contribution < 1.29 is 19.2 Å². The van der Waals surface area contributed by atoms with Crippen LogP contribution in [-0.2, 0) is 9.68 Å². The highest BCUT2D eigenvalue weighted by molar-refractivity contribution is 5.97. The molecule has 164 valence electrons. The summed E-state index contributed by atoms with van der Waals surface area (Å²) in [6.07, 6.45) is 4.53. The van der Waals surface area contributed by atoms with Crippen molar-refractivity contribution in [3.05, 3.63) is 0 Å². The van der Waals surface area contributed by atoms with Gasteiger partial charge in [0.1, 0.15) is 19.9 Å². The predicted octanol–water partition coefficient (Wildman–Crippen LogP) is 3.28. The summed E-state index contributed by atoms with van der Waals surface area (Å²) in [5, 5.41) is 19.2. The maximum absolute atomic E-state index is 15.2. The fraction of sp³-hybridized carbons (Fsp3) is 0.909. The average Bonchev–Trinajstić information content (AvgIpc) is 2.98. The van der Waals surface area contributed by atoms with Gasteiger partial charge in [0, 0.05) is 18.9 Å². The quantitative estimate of drug-likeness (QED) is 0.551. The minimum Gasteiger partial charge on any atom is -0.399 e. The molecular formula is C22H36FN3O3. The van der Waals surface area contributed by atoms with E-state index in [4.69, 9.17) is 15.4 Å². The first-order valence-corrected chi connectivity index (χ1v) is 11.2. The van der Waals surface area contributed by atoms with Gasteiger partial charge in [-0.25, -0.2) is 4.39 Å². The summed E-state index contributed by atoms with van der Waals surface area (Å²) < 4.78 is 15.2. The van der Waals surface area contributed by atoms with Gasteiger partial charge in [-0.3, -0.25) is 0 Å². The van der Waals surface area contributed by atoms with Crippen molar-refractivity contribution in [1.29, 1.82) is 0 Å². The number of halogens is 1. The number of fused-ring (bicyclic) bond motifs is 5. The monoisotopic (exact) mass is 409 g/mol. The Kier molecular flexibility index (Phi) is 5.66. The Morgan fingerprint density at radius 1 is 1.10 bits per heavy atom. The molecule has 6 nitrogen and oxygen atoms in total. The molecule has 0 saturated heterocycles. The first-order chi connectivity index (χ1) is 13.8. The number of hydrogen-bond acceptors (Lipinski definition) is 6. The van der Waals surface area contributed by atoms with E-state index in [1.54, 1.807) is 7.11 Å². The lowest BCUT2D eigenvalue weighted by molar-refractivity contribution is -0.0898. The number of nitrogens with two attached hydrogens (primary N) is 1. The molecule has 0 aromatic carbocycles. The second kappa shape index (κ2) is 7.80. The third kappa shape index (κ3) is 3.29. The van der Waals surface area contributed by atoms with Crippen molar-refractivity contribution in [2.24, 2.45) is 50.5 Å². The summed E-state index contributed by atoms with van der Waals surface area (Å²) in [5.41, 5.74) is 6.76. The van der Waals surface area contributed by atoms with E-state index in [-0.39, 0.29) is 22.9 Å². The zero-order chi connectivity index (χ0) is 20.8. The number of hydrogen-bond donors (Lipinski definition) is 2. The molecule has 4 saturated carbocycles. The zero-order valence-electron chi connectivity index (χ0n) is 17.9. The van der Waals surface area contributed by atoms with Gasteiger partial charge in [-0.1, -0.05) is 24.2 Å². The number of aliphatic hydroxyl groups is 1. The molecule has 0 aliphatic heterocycles. The molecule has 0 bridgehead atoms. The number of aliphatic hydroxyl groups excluding tert-OH is 1. The lowest BCUT2D eigenvalue weighted by atomic mass is 9.44. The smallest absolute Gasteiger partial charge is 0.142 e. The summed E-state index contributed by atoms with van der Waals surface area (Å²) in [7, 11) is 1.58. The van der Waals surface area contributed by atoms with E-state index in [9.17, 15) is 5.11 Å². The molecule has 0 aromatic rings. The van der Waals surface area contributed by atoms with Crippen molar-refractivity contribution in [2.75, 3.05) is 20.3 Å². The van der Waals surface area contributed by atoms with Crippen LogP contribution >= 0.6 is 0 Å². The zero-order valence-corrected chi connectivity index (χ0v) is 17.9. The Morgan fingerprint density at radius 3 is 2.59 bits per heavy atom. The maximum Gasteiger partial charge on any atom is 0.142 e. The normalized spacial score (nSPS) is 49.4. The Balaban J connectivity index is 1.66. The standard InChI is InChI=1S/C22H36FN3O3/c1-21-7-6-15-13(14(21)4-5-20(21)27)10-18(25-28-3)16-11-19(26-29-9-8-24)17(23)12-22(15,16)2/h13-17,20,27H,4-12,24H2,1-3H3/b25-18+,26-19+/t13-,14-,15-,16?,17+,20-,21-,22+/m0/s1. The van der Waals surface area contributed by atoms with Gasteiger partial charge in [-0.15, -0.1) is 0 Å². The Hall–Kier alpha value is -1.21. The van der Waals surface area contributed by atoms with Crippen molar-refractivity contribution in [1.82, 2.24) is 0 Å². The van der Waals surface area contributed by atoms with Crippen LogP contribution in [0, 0.1) is 34.5 Å². The highest BCUT2D eigenvalue weighted by atomic mass is 19.1. The molecule has 3 N–H and O–H groups in total. The molecule has 29 heavy (non-hydrogen) atoms. The highest BCUT2D eigenvalue weighted by Crippen LogP contribution is 2.65. The van der Waals surface area contributed by atoms with Crippen molar-refractivity contribution >= 4 is 11.4 Å². The van der Waals surface area contributed by atoms with E-state index in [0.29, 0.717) is 49.5 Å². The summed E-state index contributed by atoms with van der Waals surface area (Å²) in [6.45, 7) is 5.16. The summed E-state index contributed by atoms with van der Waals surface area (Å²) in [5.74, 6) is 1.46. The van der Waals surface area contributed by atoms with Gasteiger partial charge >= 0.3 is 0 Å². The second-order valence-electron chi connectivity index (χ2n) is 10.1. The van der Waals surface area contributed by atoms with Crippen LogP contribution in [0.1, 0.15) is 58.8 Å². The molecule has 0 radical (unpaired) electrons. The molecule has 0 heterocycles. The van der Waals surface area contributed by atoms with Crippen LogP contribution in [0.25, 0.3) is 0 Å². The molecule has 7 heteroatoms. The first kappa shape index (κ1) is 21.0. The van der Waals surface area contributed by atoms with Crippen LogP contribution in [0.3, 0.4) is 0 Å². The fourth-order valence-electron chi connectivity index (χ4n) is 7.37. The molecule has 4 aliphatic rings. The Morgan fingerprint density at radius 2 is 1.86 bits per heavy atom. The van der Waals surface area contributed by atoms with E-state index >= 15 is 4.39 Å². The molecule has 0 amide bonds. The van der Waals surface area contributed by atoms with Crippen molar-refractivity contribution in [3.8, 4) is 0 Å². The predicted molar refractivity (Wildman–Crippen MR) is 110 cm³/mol. The summed E-state index contributed by atoms with van der Waals surface area (Å²) in [6, 6.07) is 0. The van der Waals surface area contributed by atoms with Gasteiger partial charge in [0.2, 0.25) is 0 Å². The molecular weight excluding hydrogens is 373 g/mol. The van der Waals surface area contributed by atoms with Gasteiger partial charge in [-0.05, 0) is 67.1 Å². The molecule has 0 aromatic heterocycles. The van der Waals surface area contributed by atoms with Gasteiger partial charge in [-0.2, -0.15) is 0 Å². The van der Waals surface area contributed by atoms with E-state index in [1.165, 1.54) is 0 Å². The van der Waals surface area contributed by atoms with Crippen LogP contribution < -0.4 is 5.73 Å². The first-order valence-electron chi connectivity index (χ1n) is 11.2. The molecule has 8 atom stereocenters. The summed E-state index contributed by atoms with van der Waals surface area (Å²) in [4.78, 5) is 10.4. The topological polar surface area (TPSA) is 89.4 Å². The molecule has 0 spiro atoms. The average molecular weight is 410 g/mol. The van der Waals surface area contributed by atoms with Crippen LogP contribution in [-0.4, -0.2) is 49.1 Å². The SMILES string of the molecule is CO/N=C1\C[C@H]2[C@@H]3CC[C@H](O)[C@@]3(C)CC[C@@H]2[C@@]2(C)C[C@@H](F)/C(=N/OCCN)CC12. The highest BCUT2D eigenvalue weighted by Gasteiger charge is 2.62. The number of alkyl halides is 1. The fourth-order valence-corrected chi connectivity index (χ4v) is 7.37. The van der Waals surface area contributed by atoms with Crippen molar-refractivity contribution in [3.63, 3.8) is 0 Å². The molecule has 4 fully saturated rings. The van der Waals surface area contributed by atoms with E-state index < -0.39 is 6.17 Å². The third-order valence-electron chi connectivity index (χ3n) is 8.87. The second-order valence-corrected chi connectivity index (χ2v) is 10.1. The van der Waals surface area contributed by atoms with Gasteiger partial charge in [0.05, 0.1) is 17.5 Å².